The van der Waals surface area contributed by atoms with Crippen molar-refractivity contribution in [2.75, 3.05) is 20.8 Å². The normalized spacial score (nSPS) is 10.6. The zero-order valence-electron chi connectivity index (χ0n) is 12.2. The fourth-order valence-electron chi connectivity index (χ4n) is 1.97. The lowest BCUT2D eigenvalue weighted by molar-refractivity contribution is 0.394. The quantitative estimate of drug-likeness (QED) is 0.786. The summed E-state index contributed by atoms with van der Waals surface area (Å²) >= 11 is 0. The number of benzene rings is 1. The first-order valence-electron chi connectivity index (χ1n) is 6.79. The van der Waals surface area contributed by atoms with E-state index in [0.29, 0.717) is 0 Å². The van der Waals surface area contributed by atoms with E-state index in [1.165, 1.54) is 0 Å². The van der Waals surface area contributed by atoms with Crippen LogP contribution in [0.25, 0.3) is 11.3 Å². The van der Waals surface area contributed by atoms with Crippen molar-refractivity contribution in [2.45, 2.75) is 19.9 Å². The molecular formula is C16H21NO3. The summed E-state index contributed by atoms with van der Waals surface area (Å²) in [4.78, 5) is 0. The maximum absolute atomic E-state index is 5.84. The van der Waals surface area contributed by atoms with Gasteiger partial charge in [-0.2, -0.15) is 0 Å². The van der Waals surface area contributed by atoms with Crippen molar-refractivity contribution in [3.05, 3.63) is 36.1 Å². The Bertz CT molecular complexity index is 526. The molecule has 1 heterocycles. The molecule has 0 bridgehead atoms. The first-order valence-corrected chi connectivity index (χ1v) is 6.79. The molecule has 4 nitrogen and oxygen atoms in total. The minimum Gasteiger partial charge on any atom is -0.497 e. The Morgan fingerprint density at radius 3 is 2.35 bits per heavy atom. The van der Waals surface area contributed by atoms with Crippen molar-refractivity contribution in [1.82, 2.24) is 5.32 Å². The Hall–Kier alpha value is -1.94. The summed E-state index contributed by atoms with van der Waals surface area (Å²) < 4.78 is 16.4. The summed E-state index contributed by atoms with van der Waals surface area (Å²) in [5, 5.41) is 3.32. The van der Waals surface area contributed by atoms with Crippen LogP contribution in [-0.2, 0) is 6.54 Å². The van der Waals surface area contributed by atoms with Crippen molar-refractivity contribution in [1.29, 1.82) is 0 Å². The molecule has 0 fully saturated rings. The molecule has 108 valence electrons. The highest BCUT2D eigenvalue weighted by molar-refractivity contribution is 5.62. The van der Waals surface area contributed by atoms with Gasteiger partial charge in [-0.05, 0) is 37.2 Å². The maximum Gasteiger partial charge on any atom is 0.134 e. The number of methoxy groups -OCH3 is 2. The molecule has 0 amide bonds. The van der Waals surface area contributed by atoms with Gasteiger partial charge in [-0.25, -0.2) is 0 Å². The van der Waals surface area contributed by atoms with E-state index < -0.39 is 0 Å². The van der Waals surface area contributed by atoms with Crippen LogP contribution in [0.1, 0.15) is 19.1 Å². The zero-order chi connectivity index (χ0) is 14.4. The average molecular weight is 275 g/mol. The second kappa shape index (κ2) is 7.01. The van der Waals surface area contributed by atoms with Gasteiger partial charge in [-0.1, -0.05) is 6.92 Å². The number of nitrogens with one attached hydrogen (secondary N) is 1. The number of furan rings is 1. The molecule has 0 aliphatic rings. The van der Waals surface area contributed by atoms with Crippen LogP contribution >= 0.6 is 0 Å². The molecule has 1 N–H and O–H groups in total. The van der Waals surface area contributed by atoms with E-state index in [-0.39, 0.29) is 0 Å². The summed E-state index contributed by atoms with van der Waals surface area (Å²) in [6.07, 6.45) is 1.11. The van der Waals surface area contributed by atoms with Crippen LogP contribution in [0.2, 0.25) is 0 Å². The lowest BCUT2D eigenvalue weighted by Gasteiger charge is -2.07. The van der Waals surface area contributed by atoms with Crippen molar-refractivity contribution in [3.63, 3.8) is 0 Å². The summed E-state index contributed by atoms with van der Waals surface area (Å²) in [5.74, 6) is 3.24. The molecule has 0 aliphatic carbocycles. The second-order valence-electron chi connectivity index (χ2n) is 4.54. The first kappa shape index (κ1) is 14.5. The topological polar surface area (TPSA) is 43.6 Å². The van der Waals surface area contributed by atoms with Crippen LogP contribution in [0.4, 0.5) is 0 Å². The third-order valence-corrected chi connectivity index (χ3v) is 3.02. The fourth-order valence-corrected chi connectivity index (χ4v) is 1.97. The van der Waals surface area contributed by atoms with Gasteiger partial charge in [0.25, 0.3) is 0 Å². The predicted molar refractivity (Wildman–Crippen MR) is 79.2 cm³/mol. The third-order valence-electron chi connectivity index (χ3n) is 3.02. The largest absolute Gasteiger partial charge is 0.497 e. The van der Waals surface area contributed by atoms with Crippen LogP contribution in [-0.4, -0.2) is 20.8 Å². The highest BCUT2D eigenvalue weighted by Crippen LogP contribution is 2.30. The van der Waals surface area contributed by atoms with E-state index in [2.05, 4.69) is 12.2 Å². The zero-order valence-corrected chi connectivity index (χ0v) is 12.2. The van der Waals surface area contributed by atoms with Gasteiger partial charge in [0.05, 0.1) is 20.8 Å². The van der Waals surface area contributed by atoms with Crippen molar-refractivity contribution >= 4 is 0 Å². The van der Waals surface area contributed by atoms with Gasteiger partial charge in [-0.3, -0.25) is 0 Å². The third kappa shape index (κ3) is 3.54. The van der Waals surface area contributed by atoms with E-state index >= 15 is 0 Å². The SMILES string of the molecule is CCCNCc1ccc(-c2cc(OC)cc(OC)c2)o1. The Labute approximate surface area is 119 Å². The molecular weight excluding hydrogens is 254 g/mol. The smallest absolute Gasteiger partial charge is 0.134 e. The Balaban J connectivity index is 2.18. The van der Waals surface area contributed by atoms with Gasteiger partial charge in [0.2, 0.25) is 0 Å². The Morgan fingerprint density at radius 2 is 1.75 bits per heavy atom. The number of rotatable bonds is 7. The molecule has 2 aromatic rings. The Morgan fingerprint density at radius 1 is 1.05 bits per heavy atom. The highest BCUT2D eigenvalue weighted by Gasteiger charge is 2.08. The lowest BCUT2D eigenvalue weighted by atomic mass is 10.1. The minimum absolute atomic E-state index is 0.745. The lowest BCUT2D eigenvalue weighted by Crippen LogP contribution is -2.12. The molecule has 1 aromatic carbocycles. The molecule has 0 atom stereocenters. The molecule has 4 heteroatoms. The van der Waals surface area contributed by atoms with E-state index in [4.69, 9.17) is 13.9 Å². The van der Waals surface area contributed by atoms with E-state index in [1.807, 2.05) is 30.3 Å². The van der Waals surface area contributed by atoms with Crippen molar-refractivity contribution in [2.24, 2.45) is 0 Å². The number of hydrogen-bond donors (Lipinski definition) is 1. The summed E-state index contributed by atoms with van der Waals surface area (Å²) in [6, 6.07) is 9.67. The van der Waals surface area contributed by atoms with Gasteiger partial charge >= 0.3 is 0 Å². The monoisotopic (exact) mass is 275 g/mol. The summed E-state index contributed by atoms with van der Waals surface area (Å²) in [6.45, 7) is 3.88. The highest BCUT2D eigenvalue weighted by atomic mass is 16.5. The van der Waals surface area contributed by atoms with Gasteiger partial charge in [0.1, 0.15) is 23.0 Å². The van der Waals surface area contributed by atoms with Crippen molar-refractivity contribution in [3.8, 4) is 22.8 Å². The Kier molecular flexibility index (Phi) is 5.07. The second-order valence-corrected chi connectivity index (χ2v) is 4.54. The first-order chi connectivity index (χ1) is 9.76. The molecule has 0 saturated heterocycles. The van der Waals surface area contributed by atoms with E-state index in [0.717, 1.165) is 48.1 Å². The predicted octanol–water partition coefficient (Wildman–Crippen LogP) is 3.46. The average Bonchev–Trinajstić information content (AvgIpc) is 2.96. The van der Waals surface area contributed by atoms with E-state index in [9.17, 15) is 0 Å². The number of ether oxygens (including phenoxy) is 2. The molecule has 0 unspecified atom stereocenters. The van der Waals surface area contributed by atoms with Gasteiger partial charge in [-0.15, -0.1) is 0 Å². The molecule has 0 saturated carbocycles. The van der Waals surface area contributed by atoms with E-state index in [1.54, 1.807) is 14.2 Å². The fraction of sp³-hybridized carbons (Fsp3) is 0.375. The van der Waals surface area contributed by atoms with Crippen LogP contribution in [0.15, 0.2) is 34.7 Å². The molecule has 0 spiro atoms. The summed E-state index contributed by atoms with van der Waals surface area (Å²) in [5.41, 5.74) is 0.947. The molecule has 2 rings (SSSR count). The molecule has 0 radical (unpaired) electrons. The van der Waals surface area contributed by atoms with Gasteiger partial charge < -0.3 is 19.2 Å². The molecule has 0 aliphatic heterocycles. The van der Waals surface area contributed by atoms with Gasteiger partial charge in [0.15, 0.2) is 0 Å². The molecule has 20 heavy (non-hydrogen) atoms. The number of hydrogen-bond acceptors (Lipinski definition) is 4. The van der Waals surface area contributed by atoms with Gasteiger partial charge in [0, 0.05) is 11.6 Å². The summed E-state index contributed by atoms with van der Waals surface area (Å²) in [7, 11) is 3.28. The van der Waals surface area contributed by atoms with Crippen LogP contribution in [0, 0.1) is 0 Å². The maximum atomic E-state index is 5.84. The minimum atomic E-state index is 0.745. The van der Waals surface area contributed by atoms with Crippen LogP contribution < -0.4 is 14.8 Å². The van der Waals surface area contributed by atoms with Crippen LogP contribution in [0.3, 0.4) is 0 Å². The van der Waals surface area contributed by atoms with Crippen molar-refractivity contribution < 1.29 is 13.9 Å². The molecule has 1 aromatic heterocycles. The van der Waals surface area contributed by atoms with Crippen LogP contribution in [0.5, 0.6) is 11.5 Å². The standard InChI is InChI=1S/C16H21NO3/c1-4-7-17-11-13-5-6-16(20-13)12-8-14(18-2)10-15(9-12)19-3/h5-6,8-10,17H,4,7,11H2,1-3H3.